The van der Waals surface area contributed by atoms with E-state index in [0.29, 0.717) is 16.9 Å². The molecule has 3 N–H and O–H groups in total. The Bertz CT molecular complexity index is 1350. The van der Waals surface area contributed by atoms with Gasteiger partial charge in [-0.15, -0.1) is 0 Å². The minimum Gasteiger partial charge on any atom is -0.507 e. The molecule has 0 aliphatic carbocycles. The molecule has 1 heterocycles. The van der Waals surface area contributed by atoms with Crippen LogP contribution >= 0.6 is 0 Å². The topological polar surface area (TPSA) is 127 Å². The Morgan fingerprint density at radius 2 is 1.55 bits per heavy atom. The molecular formula is C24H20N2O6S. The lowest BCUT2D eigenvalue weighted by atomic mass is 9.95. The first-order chi connectivity index (χ1) is 15.7. The maximum atomic E-state index is 13.1. The monoisotopic (exact) mass is 464 g/mol. The Balaban J connectivity index is 1.89. The maximum Gasteiger partial charge on any atom is 0.300 e. The summed E-state index contributed by atoms with van der Waals surface area (Å²) in [4.78, 5) is 27.3. The second kappa shape index (κ2) is 8.53. The lowest BCUT2D eigenvalue weighted by Crippen LogP contribution is -2.29. The van der Waals surface area contributed by atoms with Gasteiger partial charge in [-0.1, -0.05) is 30.3 Å². The molecule has 1 saturated heterocycles. The number of hydrogen-bond acceptors (Lipinski definition) is 6. The van der Waals surface area contributed by atoms with Crippen LogP contribution in [0.5, 0.6) is 5.75 Å². The smallest absolute Gasteiger partial charge is 0.300 e. The van der Waals surface area contributed by atoms with Gasteiger partial charge in [0, 0.05) is 11.3 Å². The molecule has 1 aliphatic heterocycles. The number of primary sulfonamides is 1. The Morgan fingerprint density at radius 1 is 0.939 bits per heavy atom. The molecule has 1 aliphatic rings. The normalized spacial score (nSPS) is 17.9. The van der Waals surface area contributed by atoms with E-state index in [1.807, 2.05) is 0 Å². The van der Waals surface area contributed by atoms with E-state index in [1.165, 1.54) is 36.3 Å². The van der Waals surface area contributed by atoms with Crippen LogP contribution in [-0.4, -0.2) is 32.3 Å². The van der Waals surface area contributed by atoms with Gasteiger partial charge in [0.25, 0.3) is 11.7 Å². The fourth-order valence-electron chi connectivity index (χ4n) is 3.75. The van der Waals surface area contributed by atoms with Gasteiger partial charge in [0.15, 0.2) is 0 Å². The van der Waals surface area contributed by atoms with Crippen LogP contribution in [0.1, 0.15) is 17.2 Å². The summed E-state index contributed by atoms with van der Waals surface area (Å²) < 4.78 is 28.3. The van der Waals surface area contributed by atoms with Gasteiger partial charge in [-0.3, -0.25) is 14.5 Å². The van der Waals surface area contributed by atoms with Crippen LogP contribution in [-0.2, 0) is 19.6 Å². The highest BCUT2D eigenvalue weighted by Crippen LogP contribution is 2.42. The van der Waals surface area contributed by atoms with Gasteiger partial charge in [-0.25, -0.2) is 13.6 Å². The quantitative estimate of drug-likeness (QED) is 0.340. The van der Waals surface area contributed by atoms with Crippen molar-refractivity contribution < 1.29 is 27.9 Å². The number of hydrogen-bond donors (Lipinski definition) is 2. The van der Waals surface area contributed by atoms with Crippen LogP contribution in [0.2, 0.25) is 0 Å². The van der Waals surface area contributed by atoms with Crippen molar-refractivity contribution in [3.63, 3.8) is 0 Å². The third-order valence-corrected chi connectivity index (χ3v) is 6.30. The first-order valence-corrected chi connectivity index (χ1v) is 11.4. The number of ether oxygens (including phenoxy) is 1. The zero-order valence-corrected chi connectivity index (χ0v) is 18.3. The average molecular weight is 464 g/mol. The summed E-state index contributed by atoms with van der Waals surface area (Å²) in [5.41, 5.74) is 1.15. The molecule has 0 radical (unpaired) electrons. The van der Waals surface area contributed by atoms with E-state index >= 15 is 0 Å². The molecule has 8 nitrogen and oxygen atoms in total. The minimum atomic E-state index is -3.93. The Morgan fingerprint density at radius 3 is 2.09 bits per heavy atom. The molecule has 3 aromatic rings. The summed E-state index contributed by atoms with van der Waals surface area (Å²) in [5.74, 6) is -1.45. The number of nitrogens with zero attached hydrogens (tertiary/aromatic N) is 1. The predicted octanol–water partition coefficient (Wildman–Crippen LogP) is 2.97. The summed E-state index contributed by atoms with van der Waals surface area (Å²) in [6.45, 7) is 0. The second-order valence-corrected chi connectivity index (χ2v) is 8.91. The third kappa shape index (κ3) is 4.11. The molecule has 1 atom stereocenters. The molecule has 3 aromatic carbocycles. The molecule has 0 unspecified atom stereocenters. The highest BCUT2D eigenvalue weighted by atomic mass is 32.2. The first-order valence-electron chi connectivity index (χ1n) is 9.85. The number of Topliss-reactive ketones (excluding diaryl/α,β-unsaturated/α-hetero) is 1. The van der Waals surface area contributed by atoms with Crippen LogP contribution in [0.4, 0.5) is 5.69 Å². The van der Waals surface area contributed by atoms with Crippen molar-refractivity contribution in [1.82, 2.24) is 0 Å². The van der Waals surface area contributed by atoms with Crippen molar-refractivity contribution in [2.24, 2.45) is 5.14 Å². The number of benzene rings is 3. The number of aliphatic hydroxyl groups excluding tert-OH is 1. The number of ketones is 1. The molecule has 0 spiro atoms. The van der Waals surface area contributed by atoms with Crippen molar-refractivity contribution in [3.05, 3.63) is 95.6 Å². The number of nitrogens with two attached hydrogens (primary N) is 1. The number of rotatable bonds is 5. The second-order valence-electron chi connectivity index (χ2n) is 7.35. The van der Waals surface area contributed by atoms with Crippen LogP contribution in [0.25, 0.3) is 5.76 Å². The summed E-state index contributed by atoms with van der Waals surface area (Å²) in [6, 6.07) is 19.6. The van der Waals surface area contributed by atoms with E-state index < -0.39 is 27.8 Å². The summed E-state index contributed by atoms with van der Waals surface area (Å²) in [6.07, 6.45) is 0. The van der Waals surface area contributed by atoms with Crippen molar-refractivity contribution in [2.75, 3.05) is 12.0 Å². The Kier molecular flexibility index (Phi) is 5.75. The van der Waals surface area contributed by atoms with Gasteiger partial charge in [-0.05, 0) is 54.1 Å². The van der Waals surface area contributed by atoms with E-state index in [-0.39, 0.29) is 21.9 Å². The standard InChI is InChI=1S/C24H20N2O6S/c1-32-18-11-7-16(8-12-18)22(27)20-21(15-5-3-2-4-6-15)26(24(29)23(20)28)17-9-13-19(14-10-17)33(25,30)31/h2-14,21,27H,1H3,(H2,25,30,31)/b22-20+/t21-/m0/s1. The van der Waals surface area contributed by atoms with E-state index in [1.54, 1.807) is 54.6 Å². The van der Waals surface area contributed by atoms with Gasteiger partial charge in [0.05, 0.1) is 23.6 Å². The van der Waals surface area contributed by atoms with E-state index in [4.69, 9.17) is 9.88 Å². The van der Waals surface area contributed by atoms with Crippen molar-refractivity contribution >= 4 is 33.2 Å². The molecule has 4 rings (SSSR count). The number of carbonyl (C=O) groups excluding carboxylic acids is 2. The largest absolute Gasteiger partial charge is 0.507 e. The SMILES string of the molecule is COc1ccc(/C(O)=C2\C(=O)C(=O)N(c3ccc(S(N)(=O)=O)cc3)[C@H]2c2ccccc2)cc1. The minimum absolute atomic E-state index is 0.0770. The van der Waals surface area contributed by atoms with Crippen LogP contribution < -0.4 is 14.8 Å². The van der Waals surface area contributed by atoms with Gasteiger partial charge in [-0.2, -0.15) is 0 Å². The van der Waals surface area contributed by atoms with E-state index in [0.717, 1.165) is 0 Å². The molecule has 0 aromatic heterocycles. The average Bonchev–Trinajstić information content (AvgIpc) is 3.09. The van der Waals surface area contributed by atoms with Gasteiger partial charge >= 0.3 is 0 Å². The molecule has 33 heavy (non-hydrogen) atoms. The molecular weight excluding hydrogens is 444 g/mol. The van der Waals surface area contributed by atoms with Gasteiger partial charge < -0.3 is 9.84 Å². The van der Waals surface area contributed by atoms with Gasteiger partial charge in [0.1, 0.15) is 11.5 Å². The molecule has 0 saturated carbocycles. The van der Waals surface area contributed by atoms with Crippen molar-refractivity contribution in [2.45, 2.75) is 10.9 Å². The summed E-state index contributed by atoms with van der Waals surface area (Å²) in [7, 11) is -2.42. The molecule has 9 heteroatoms. The number of carbonyl (C=O) groups is 2. The zero-order chi connectivity index (χ0) is 23.8. The van der Waals surface area contributed by atoms with E-state index in [9.17, 15) is 23.1 Å². The number of anilines is 1. The highest BCUT2D eigenvalue weighted by molar-refractivity contribution is 7.89. The lowest BCUT2D eigenvalue weighted by molar-refractivity contribution is -0.132. The number of aliphatic hydroxyl groups is 1. The van der Waals surface area contributed by atoms with Crippen LogP contribution in [0.15, 0.2) is 89.3 Å². The van der Waals surface area contributed by atoms with Crippen molar-refractivity contribution in [1.29, 1.82) is 0 Å². The first kappa shape index (κ1) is 22.3. The van der Waals surface area contributed by atoms with Crippen molar-refractivity contribution in [3.8, 4) is 5.75 Å². The number of methoxy groups -OCH3 is 1. The summed E-state index contributed by atoms with van der Waals surface area (Å²) in [5, 5.41) is 16.2. The fourth-order valence-corrected chi connectivity index (χ4v) is 4.27. The van der Waals surface area contributed by atoms with E-state index in [2.05, 4.69) is 0 Å². The number of sulfonamides is 1. The summed E-state index contributed by atoms with van der Waals surface area (Å²) >= 11 is 0. The highest BCUT2D eigenvalue weighted by Gasteiger charge is 2.46. The lowest BCUT2D eigenvalue weighted by Gasteiger charge is -2.25. The van der Waals surface area contributed by atoms with Crippen LogP contribution in [0, 0.1) is 0 Å². The molecule has 1 amide bonds. The number of amides is 1. The van der Waals surface area contributed by atoms with Crippen LogP contribution in [0.3, 0.4) is 0 Å². The molecule has 0 bridgehead atoms. The zero-order valence-electron chi connectivity index (χ0n) is 17.5. The van der Waals surface area contributed by atoms with Gasteiger partial charge in [0.2, 0.25) is 10.0 Å². The Labute approximate surface area is 190 Å². The Hall–Kier alpha value is -3.95. The molecule has 1 fully saturated rings. The fraction of sp³-hybridized carbons (Fsp3) is 0.0833. The molecule has 168 valence electrons. The predicted molar refractivity (Wildman–Crippen MR) is 122 cm³/mol. The third-order valence-electron chi connectivity index (χ3n) is 5.37. The maximum absolute atomic E-state index is 13.1.